The average Bonchev–Trinajstić information content (AvgIpc) is 3.29. The fraction of sp³-hybridized carbons (Fsp3) is 0.121. The molecule has 37 heavy (non-hydrogen) atoms. The maximum atomic E-state index is 6.44. The number of benzene rings is 4. The van der Waals surface area contributed by atoms with Crippen molar-refractivity contribution in [3.8, 4) is 5.75 Å². The highest BCUT2D eigenvalue weighted by Gasteiger charge is 2.23. The number of oxazole rings is 1. The maximum Gasteiger partial charge on any atom is 0.377 e. The minimum Gasteiger partial charge on any atom is -0.456 e. The second-order valence-electron chi connectivity index (χ2n) is 9.38. The van der Waals surface area contributed by atoms with Crippen molar-refractivity contribution in [3.05, 3.63) is 120 Å². The van der Waals surface area contributed by atoms with Gasteiger partial charge in [0, 0.05) is 36.8 Å². The Balaban J connectivity index is 1.42. The van der Waals surface area contributed by atoms with E-state index < -0.39 is 0 Å². The van der Waals surface area contributed by atoms with Crippen LogP contribution in [0.25, 0.3) is 39.6 Å². The van der Waals surface area contributed by atoms with E-state index in [2.05, 4.69) is 115 Å². The van der Waals surface area contributed by atoms with Gasteiger partial charge in [-0.1, -0.05) is 66.7 Å². The minimum atomic E-state index is 0.742. The Morgan fingerprint density at radius 1 is 0.838 bits per heavy atom. The Morgan fingerprint density at radius 3 is 2.43 bits per heavy atom. The molecular weight excluding hydrogens is 456 g/mol. The molecule has 4 heteroatoms. The van der Waals surface area contributed by atoms with Crippen LogP contribution in [0.3, 0.4) is 0 Å². The third-order valence-corrected chi connectivity index (χ3v) is 6.79. The van der Waals surface area contributed by atoms with Gasteiger partial charge in [-0.3, -0.25) is 0 Å². The Bertz CT molecular complexity index is 1700. The molecule has 2 heterocycles. The summed E-state index contributed by atoms with van der Waals surface area (Å²) in [6.07, 6.45) is 8.37. The summed E-state index contributed by atoms with van der Waals surface area (Å²) >= 11 is 0. The van der Waals surface area contributed by atoms with E-state index in [1.807, 2.05) is 24.3 Å². The first-order chi connectivity index (χ1) is 18.1. The molecule has 5 aromatic rings. The third-order valence-electron chi connectivity index (χ3n) is 6.79. The summed E-state index contributed by atoms with van der Waals surface area (Å²) < 4.78 is 14.9. The van der Waals surface area contributed by atoms with E-state index in [-0.39, 0.29) is 0 Å². The van der Waals surface area contributed by atoms with Crippen LogP contribution in [0.2, 0.25) is 0 Å². The van der Waals surface area contributed by atoms with Crippen LogP contribution in [0.5, 0.6) is 5.75 Å². The van der Waals surface area contributed by atoms with Crippen molar-refractivity contribution < 1.29 is 13.7 Å². The van der Waals surface area contributed by atoms with Crippen molar-refractivity contribution in [2.75, 3.05) is 19.0 Å². The van der Waals surface area contributed by atoms with Crippen molar-refractivity contribution in [2.24, 2.45) is 0 Å². The lowest BCUT2D eigenvalue weighted by Gasteiger charge is -2.18. The number of aromatic nitrogens is 1. The monoisotopic (exact) mass is 485 g/mol. The molecule has 1 aliphatic heterocycles. The molecule has 0 unspecified atom stereocenters. The van der Waals surface area contributed by atoms with Gasteiger partial charge in [-0.05, 0) is 53.8 Å². The molecule has 0 fully saturated rings. The average molecular weight is 486 g/mol. The van der Waals surface area contributed by atoms with Crippen LogP contribution in [0.15, 0.2) is 107 Å². The molecule has 0 saturated carbocycles. The second-order valence-corrected chi connectivity index (χ2v) is 9.38. The molecule has 0 N–H and O–H groups in total. The summed E-state index contributed by atoms with van der Waals surface area (Å²) in [6.45, 7) is 2.93. The van der Waals surface area contributed by atoms with Crippen LogP contribution in [0, 0.1) is 0 Å². The van der Waals surface area contributed by atoms with Crippen LogP contribution in [-0.2, 0) is 6.54 Å². The number of fused-ring (bicyclic) bond motifs is 4. The van der Waals surface area contributed by atoms with Crippen LogP contribution in [0.1, 0.15) is 23.9 Å². The highest BCUT2D eigenvalue weighted by Crippen LogP contribution is 2.35. The molecular formula is C33H29N2O2+. The predicted molar refractivity (Wildman–Crippen MR) is 152 cm³/mol. The highest BCUT2D eigenvalue weighted by molar-refractivity contribution is 6.02. The standard InChI is InChI=1S/C33H29N2O2/c1-4-35-30-20-17-24-9-5-6-11-29(24)33(30)37-32(35)22-27-21-25(28-10-7-8-12-31(28)36-27)16-13-23-14-18-26(19-15-23)34(2)3/h5-22H,4H2,1-3H3/q+1. The van der Waals surface area contributed by atoms with Crippen molar-refractivity contribution in [3.63, 3.8) is 0 Å². The van der Waals surface area contributed by atoms with Gasteiger partial charge in [0.1, 0.15) is 18.1 Å². The van der Waals surface area contributed by atoms with Crippen molar-refractivity contribution in [2.45, 2.75) is 13.5 Å². The van der Waals surface area contributed by atoms with Crippen molar-refractivity contribution in [1.29, 1.82) is 0 Å². The van der Waals surface area contributed by atoms with Gasteiger partial charge in [0.2, 0.25) is 5.58 Å². The topological polar surface area (TPSA) is 29.5 Å². The fourth-order valence-corrected chi connectivity index (χ4v) is 4.85. The Morgan fingerprint density at radius 2 is 1.62 bits per heavy atom. The lowest BCUT2D eigenvalue weighted by atomic mass is 10.00. The minimum absolute atomic E-state index is 0.742. The summed E-state index contributed by atoms with van der Waals surface area (Å²) in [4.78, 5) is 2.10. The number of aryl methyl sites for hydroxylation is 1. The summed E-state index contributed by atoms with van der Waals surface area (Å²) in [5.74, 6) is 2.34. The van der Waals surface area contributed by atoms with Gasteiger partial charge in [-0.25, -0.2) is 0 Å². The Hall–Kier alpha value is -4.57. The van der Waals surface area contributed by atoms with Crippen LogP contribution in [0.4, 0.5) is 5.69 Å². The molecule has 4 nitrogen and oxygen atoms in total. The first-order valence-corrected chi connectivity index (χ1v) is 12.6. The largest absolute Gasteiger partial charge is 0.456 e. The zero-order chi connectivity index (χ0) is 25.4. The number of rotatable bonds is 5. The van der Waals surface area contributed by atoms with E-state index in [0.717, 1.165) is 57.1 Å². The molecule has 1 aromatic heterocycles. The van der Waals surface area contributed by atoms with Gasteiger partial charge in [-0.2, -0.15) is 4.57 Å². The molecule has 182 valence electrons. The van der Waals surface area contributed by atoms with Gasteiger partial charge in [0.25, 0.3) is 5.52 Å². The Labute approximate surface area is 217 Å². The summed E-state index contributed by atoms with van der Waals surface area (Å²) in [7, 11) is 4.10. The van der Waals surface area contributed by atoms with Crippen LogP contribution >= 0.6 is 0 Å². The first kappa shape index (κ1) is 22.9. The van der Waals surface area contributed by atoms with Crippen molar-refractivity contribution in [1.82, 2.24) is 0 Å². The lowest BCUT2D eigenvalue weighted by molar-refractivity contribution is -0.674. The summed E-state index contributed by atoms with van der Waals surface area (Å²) in [6, 6.07) is 29.3. The quantitative estimate of drug-likeness (QED) is 0.242. The molecule has 6 rings (SSSR count). The summed E-state index contributed by atoms with van der Waals surface area (Å²) in [5, 5.41) is 2.28. The second kappa shape index (κ2) is 9.47. The smallest absolute Gasteiger partial charge is 0.377 e. The van der Waals surface area contributed by atoms with Gasteiger partial charge < -0.3 is 14.1 Å². The van der Waals surface area contributed by atoms with E-state index in [1.54, 1.807) is 0 Å². The van der Waals surface area contributed by atoms with E-state index >= 15 is 0 Å². The SMILES string of the molecule is CC[n+]1c(C=C2C=C(C=Cc3ccc(N(C)C)cc3)c3ccccc3O2)oc2c3ccccc3ccc21. The highest BCUT2D eigenvalue weighted by atomic mass is 16.5. The molecule has 0 saturated heterocycles. The Kier molecular flexibility index (Phi) is 5.85. The normalized spacial score (nSPS) is 14.2. The van der Waals surface area contributed by atoms with E-state index in [9.17, 15) is 0 Å². The third kappa shape index (κ3) is 4.31. The maximum absolute atomic E-state index is 6.44. The number of nitrogens with zero attached hydrogens (tertiary/aromatic N) is 2. The summed E-state index contributed by atoms with van der Waals surface area (Å²) in [5.41, 5.74) is 6.46. The number of ether oxygens (including phenoxy) is 1. The number of hydrogen-bond donors (Lipinski definition) is 0. The lowest BCUT2D eigenvalue weighted by Crippen LogP contribution is -2.33. The fourth-order valence-electron chi connectivity index (χ4n) is 4.85. The number of hydrogen-bond acceptors (Lipinski definition) is 3. The zero-order valence-corrected chi connectivity index (χ0v) is 21.3. The molecule has 0 radical (unpaired) electrons. The molecule has 1 aliphatic rings. The van der Waals surface area contributed by atoms with Gasteiger partial charge in [-0.15, -0.1) is 0 Å². The number of anilines is 1. The first-order valence-electron chi connectivity index (χ1n) is 12.6. The predicted octanol–water partition coefficient (Wildman–Crippen LogP) is 7.49. The van der Waals surface area contributed by atoms with E-state index in [0.29, 0.717) is 0 Å². The van der Waals surface area contributed by atoms with Crippen molar-refractivity contribution >= 4 is 45.3 Å². The van der Waals surface area contributed by atoms with Gasteiger partial charge in [0.05, 0.1) is 6.08 Å². The molecule has 0 aliphatic carbocycles. The molecule has 4 aromatic carbocycles. The number of para-hydroxylation sites is 1. The van der Waals surface area contributed by atoms with E-state index in [4.69, 9.17) is 9.15 Å². The van der Waals surface area contributed by atoms with Gasteiger partial charge >= 0.3 is 5.89 Å². The molecule has 0 spiro atoms. The van der Waals surface area contributed by atoms with E-state index in [1.165, 1.54) is 11.1 Å². The van der Waals surface area contributed by atoms with Crippen LogP contribution in [-0.4, -0.2) is 14.1 Å². The van der Waals surface area contributed by atoms with Gasteiger partial charge in [0.15, 0.2) is 0 Å². The van der Waals surface area contributed by atoms with Crippen LogP contribution < -0.4 is 14.2 Å². The molecule has 0 bridgehead atoms. The molecule has 0 amide bonds. The number of allylic oxidation sites excluding steroid dienone is 3. The molecule has 0 atom stereocenters. The zero-order valence-electron chi connectivity index (χ0n) is 21.3.